The van der Waals surface area contributed by atoms with E-state index in [9.17, 15) is 4.79 Å². The number of carbonyl (C=O) groups is 1. The summed E-state index contributed by atoms with van der Waals surface area (Å²) in [4.78, 5) is 26.2. The first-order valence-electron chi connectivity index (χ1n) is 8.66. The van der Waals surface area contributed by atoms with Gasteiger partial charge in [0.05, 0.1) is 5.75 Å². The van der Waals surface area contributed by atoms with Crippen LogP contribution < -0.4 is 4.90 Å². The largest absolute Gasteiger partial charge is 0.338 e. The van der Waals surface area contributed by atoms with Gasteiger partial charge in [0.15, 0.2) is 0 Å². The first kappa shape index (κ1) is 17.7. The molecule has 0 radical (unpaired) electrons. The summed E-state index contributed by atoms with van der Waals surface area (Å²) in [5.74, 6) is 1.97. The van der Waals surface area contributed by atoms with E-state index in [1.54, 1.807) is 24.2 Å². The Hall–Kier alpha value is -2.08. The van der Waals surface area contributed by atoms with E-state index in [-0.39, 0.29) is 5.91 Å². The average Bonchev–Trinajstić information content (AvgIpc) is 2.67. The van der Waals surface area contributed by atoms with Crippen LogP contribution in [-0.4, -0.2) is 52.7 Å². The van der Waals surface area contributed by atoms with Crippen molar-refractivity contribution in [3.63, 3.8) is 0 Å². The number of nitrogens with zero attached hydrogens (tertiary/aromatic N) is 4. The fourth-order valence-corrected chi connectivity index (χ4v) is 3.60. The fraction of sp³-hybridized carbons (Fsp3) is 0.421. The zero-order valence-corrected chi connectivity index (χ0v) is 15.6. The molecule has 1 aromatic carbocycles. The molecule has 1 aliphatic rings. The van der Waals surface area contributed by atoms with Gasteiger partial charge in [-0.15, -0.1) is 11.8 Å². The summed E-state index contributed by atoms with van der Waals surface area (Å²) in [7, 11) is 0. The molecule has 1 aromatic heterocycles. The number of piperazine rings is 1. The molecule has 0 N–H and O–H groups in total. The van der Waals surface area contributed by atoms with E-state index in [0.717, 1.165) is 37.0 Å². The molecule has 1 amide bonds. The summed E-state index contributed by atoms with van der Waals surface area (Å²) in [6.45, 7) is 7.39. The lowest BCUT2D eigenvalue weighted by atomic mass is 10.0. The summed E-state index contributed by atoms with van der Waals surface area (Å²) >= 11 is 1.61. The van der Waals surface area contributed by atoms with E-state index in [4.69, 9.17) is 0 Å². The first-order valence-corrected chi connectivity index (χ1v) is 9.64. The topological polar surface area (TPSA) is 49.3 Å². The average molecular weight is 356 g/mol. The minimum Gasteiger partial charge on any atom is -0.338 e. The molecular formula is C19H24N4OS. The lowest BCUT2D eigenvalue weighted by Crippen LogP contribution is -2.49. The zero-order chi connectivity index (χ0) is 17.6. The number of amides is 1. The number of carbonyl (C=O) groups excluding carboxylic acids is 1. The van der Waals surface area contributed by atoms with Crippen molar-refractivity contribution in [2.24, 2.45) is 0 Å². The Kier molecular flexibility index (Phi) is 5.91. The molecule has 3 rings (SSSR count). The molecule has 0 atom stereocenters. The smallest absolute Gasteiger partial charge is 0.233 e. The third-order valence-electron chi connectivity index (χ3n) is 4.38. The Morgan fingerprint density at radius 1 is 1.08 bits per heavy atom. The lowest BCUT2D eigenvalue weighted by Gasteiger charge is -2.34. The van der Waals surface area contributed by atoms with Crippen LogP contribution in [0.1, 0.15) is 25.3 Å². The van der Waals surface area contributed by atoms with Gasteiger partial charge in [-0.1, -0.05) is 26.0 Å². The van der Waals surface area contributed by atoms with Gasteiger partial charge in [0.1, 0.15) is 0 Å². The standard InChI is InChI=1S/C19H24N4OS/c1-15(2)16-4-6-17(7-5-16)25-14-18(24)22-10-12-23(13-11-22)19-20-8-3-9-21-19/h3-9,15H,10-14H2,1-2H3. The number of benzene rings is 1. The maximum absolute atomic E-state index is 12.4. The summed E-state index contributed by atoms with van der Waals surface area (Å²) < 4.78 is 0. The van der Waals surface area contributed by atoms with Crippen LogP contribution in [0.15, 0.2) is 47.6 Å². The van der Waals surface area contributed by atoms with Crippen molar-refractivity contribution in [1.82, 2.24) is 14.9 Å². The van der Waals surface area contributed by atoms with Gasteiger partial charge < -0.3 is 9.80 Å². The number of anilines is 1. The normalized spacial score (nSPS) is 14.8. The van der Waals surface area contributed by atoms with E-state index in [1.165, 1.54) is 5.56 Å². The number of aromatic nitrogens is 2. The molecule has 0 aliphatic carbocycles. The maximum atomic E-state index is 12.4. The molecule has 1 saturated heterocycles. The van der Waals surface area contributed by atoms with Crippen molar-refractivity contribution in [3.05, 3.63) is 48.3 Å². The molecule has 25 heavy (non-hydrogen) atoms. The zero-order valence-electron chi connectivity index (χ0n) is 14.8. The summed E-state index contributed by atoms with van der Waals surface area (Å²) in [6, 6.07) is 10.3. The van der Waals surface area contributed by atoms with Gasteiger partial charge in [-0.2, -0.15) is 0 Å². The van der Waals surface area contributed by atoms with Gasteiger partial charge in [0.2, 0.25) is 11.9 Å². The number of hydrogen-bond donors (Lipinski definition) is 0. The van der Waals surface area contributed by atoms with Crippen LogP contribution in [0.4, 0.5) is 5.95 Å². The molecule has 1 aliphatic heterocycles. The molecule has 0 spiro atoms. The highest BCUT2D eigenvalue weighted by Gasteiger charge is 2.22. The highest BCUT2D eigenvalue weighted by atomic mass is 32.2. The van der Waals surface area contributed by atoms with Crippen LogP contribution in [0, 0.1) is 0 Å². The third kappa shape index (κ3) is 4.72. The highest BCUT2D eigenvalue weighted by molar-refractivity contribution is 8.00. The predicted octanol–water partition coefficient (Wildman–Crippen LogP) is 3.04. The highest BCUT2D eigenvalue weighted by Crippen LogP contribution is 2.22. The van der Waals surface area contributed by atoms with Crippen LogP contribution in [0.2, 0.25) is 0 Å². The van der Waals surface area contributed by atoms with Crippen LogP contribution >= 0.6 is 11.8 Å². The van der Waals surface area contributed by atoms with Crippen molar-refractivity contribution < 1.29 is 4.79 Å². The Labute approximate surface area is 153 Å². The molecule has 6 heteroatoms. The minimum absolute atomic E-state index is 0.201. The van der Waals surface area contributed by atoms with Crippen molar-refractivity contribution in [2.45, 2.75) is 24.7 Å². The number of rotatable bonds is 5. The second-order valence-corrected chi connectivity index (χ2v) is 7.48. The van der Waals surface area contributed by atoms with Crippen molar-refractivity contribution in [3.8, 4) is 0 Å². The SMILES string of the molecule is CC(C)c1ccc(SCC(=O)N2CCN(c3ncccn3)CC2)cc1. The van der Waals surface area contributed by atoms with Crippen molar-refractivity contribution in [2.75, 3.05) is 36.8 Å². The van der Waals surface area contributed by atoms with Crippen LogP contribution in [0.5, 0.6) is 0 Å². The van der Waals surface area contributed by atoms with Crippen molar-refractivity contribution in [1.29, 1.82) is 0 Å². The number of hydrogen-bond acceptors (Lipinski definition) is 5. The number of thioether (sulfide) groups is 1. The molecule has 132 valence electrons. The fourth-order valence-electron chi connectivity index (χ4n) is 2.80. The Morgan fingerprint density at radius 3 is 2.32 bits per heavy atom. The molecular weight excluding hydrogens is 332 g/mol. The second-order valence-electron chi connectivity index (χ2n) is 6.43. The predicted molar refractivity (Wildman–Crippen MR) is 102 cm³/mol. The molecule has 5 nitrogen and oxygen atoms in total. The Balaban J connectivity index is 1.46. The summed E-state index contributed by atoms with van der Waals surface area (Å²) in [6.07, 6.45) is 3.50. The van der Waals surface area contributed by atoms with Gasteiger partial charge in [-0.05, 0) is 29.7 Å². The van der Waals surface area contributed by atoms with Gasteiger partial charge in [0.25, 0.3) is 0 Å². The third-order valence-corrected chi connectivity index (χ3v) is 5.37. The quantitative estimate of drug-likeness (QED) is 0.771. The molecule has 1 fully saturated rings. The Morgan fingerprint density at radius 2 is 1.72 bits per heavy atom. The van der Waals surface area contributed by atoms with Crippen molar-refractivity contribution >= 4 is 23.6 Å². The molecule has 0 bridgehead atoms. The van der Waals surface area contributed by atoms with Gasteiger partial charge in [0, 0.05) is 43.5 Å². The molecule has 0 saturated carbocycles. The summed E-state index contributed by atoms with van der Waals surface area (Å²) in [5.41, 5.74) is 1.33. The van der Waals surface area contributed by atoms with E-state index in [2.05, 4.69) is 53.0 Å². The van der Waals surface area contributed by atoms with E-state index >= 15 is 0 Å². The first-order chi connectivity index (χ1) is 12.1. The lowest BCUT2D eigenvalue weighted by molar-refractivity contribution is -0.128. The van der Waals surface area contributed by atoms with Crippen LogP contribution in [0.3, 0.4) is 0 Å². The van der Waals surface area contributed by atoms with E-state index < -0.39 is 0 Å². The Bertz CT molecular complexity index is 682. The second kappa shape index (κ2) is 8.34. The monoisotopic (exact) mass is 356 g/mol. The minimum atomic E-state index is 0.201. The van der Waals surface area contributed by atoms with Gasteiger partial charge in [-0.3, -0.25) is 4.79 Å². The molecule has 2 heterocycles. The van der Waals surface area contributed by atoms with Gasteiger partial charge >= 0.3 is 0 Å². The molecule has 2 aromatic rings. The maximum Gasteiger partial charge on any atom is 0.233 e. The van der Waals surface area contributed by atoms with E-state index in [1.807, 2.05) is 11.0 Å². The van der Waals surface area contributed by atoms with Crippen LogP contribution in [0.25, 0.3) is 0 Å². The molecule has 0 unspecified atom stereocenters. The van der Waals surface area contributed by atoms with E-state index in [0.29, 0.717) is 11.7 Å². The van der Waals surface area contributed by atoms with Gasteiger partial charge in [-0.25, -0.2) is 9.97 Å². The summed E-state index contributed by atoms with van der Waals surface area (Å²) in [5, 5.41) is 0. The van der Waals surface area contributed by atoms with Crippen LogP contribution in [-0.2, 0) is 4.79 Å².